The smallest absolute Gasteiger partial charge is 0.161 e. The summed E-state index contributed by atoms with van der Waals surface area (Å²) in [5, 5.41) is 5.89. The first-order chi connectivity index (χ1) is 48.5. The summed E-state index contributed by atoms with van der Waals surface area (Å²) >= 11 is 3.36. The molecule has 0 aliphatic carbocycles. The van der Waals surface area contributed by atoms with Crippen LogP contribution in [0.2, 0.25) is 0 Å². The van der Waals surface area contributed by atoms with Crippen molar-refractivity contribution in [1.29, 1.82) is 0 Å². The molecule has 13 aromatic carbocycles. The van der Waals surface area contributed by atoms with E-state index < -0.39 is 0 Å². The van der Waals surface area contributed by atoms with Crippen molar-refractivity contribution in [3.63, 3.8) is 0 Å². The number of hydrogen-bond donors (Lipinski definition) is 0. The quantitative estimate of drug-likeness (QED) is 0.126. The van der Waals surface area contributed by atoms with E-state index in [9.17, 15) is 0 Å². The van der Waals surface area contributed by atoms with E-state index in [1.807, 2.05) is 78.9 Å². The van der Waals surface area contributed by atoms with Crippen LogP contribution >= 0.6 is 22.7 Å². The van der Waals surface area contributed by atoms with Crippen LogP contribution in [0.15, 0.2) is 336 Å². The average Bonchev–Trinajstić information content (AvgIpc) is 1.58. The fourth-order valence-electron chi connectivity index (χ4n) is 13.2. The lowest BCUT2D eigenvalue weighted by atomic mass is 9.99. The summed E-state index contributed by atoms with van der Waals surface area (Å²) in [4.78, 5) is 30.8. The van der Waals surface area contributed by atoms with Gasteiger partial charge in [0.25, 0.3) is 0 Å². The highest BCUT2D eigenvalue weighted by atomic mass is 32.1. The maximum atomic E-state index is 6.66. The van der Waals surface area contributed by atoms with Crippen LogP contribution in [0, 0.1) is 0 Å². The predicted molar refractivity (Wildman–Crippen MR) is 405 cm³/mol. The molecule has 98 heavy (non-hydrogen) atoms. The van der Waals surface area contributed by atoms with Crippen LogP contribution < -0.4 is 0 Å². The summed E-state index contributed by atoms with van der Waals surface area (Å²) in [6, 6.07) is 113. The molecule has 19 aromatic rings. The number of para-hydroxylation sites is 4. The maximum absolute atomic E-state index is 6.66. The van der Waals surface area contributed by atoms with Gasteiger partial charge in [-0.05, 0) is 106 Å². The van der Waals surface area contributed by atoms with E-state index in [0.717, 1.165) is 164 Å². The van der Waals surface area contributed by atoms with Crippen molar-refractivity contribution in [1.82, 2.24) is 29.9 Å². The highest BCUT2D eigenvalue weighted by Gasteiger charge is 2.23. The lowest BCUT2D eigenvalue weighted by Crippen LogP contribution is -1.96. The van der Waals surface area contributed by atoms with E-state index in [-0.39, 0.29) is 0 Å². The van der Waals surface area contributed by atoms with E-state index in [1.54, 1.807) is 22.7 Å². The molecule has 0 spiro atoms. The van der Waals surface area contributed by atoms with Crippen molar-refractivity contribution >= 4 is 87.0 Å². The molecule has 10 heteroatoms. The molecule has 19 rings (SSSR count). The van der Waals surface area contributed by atoms with Crippen molar-refractivity contribution in [2.45, 2.75) is 0 Å². The number of nitrogens with zero attached hydrogens (tertiary/aromatic N) is 6. The lowest BCUT2D eigenvalue weighted by Gasteiger charge is -2.12. The summed E-state index contributed by atoms with van der Waals surface area (Å²) in [6.07, 6.45) is 0. The Morgan fingerprint density at radius 2 is 0.541 bits per heavy atom. The van der Waals surface area contributed by atoms with E-state index in [2.05, 4.69) is 249 Å². The Morgan fingerprint density at radius 3 is 0.980 bits per heavy atom. The van der Waals surface area contributed by atoms with Crippen LogP contribution in [0.25, 0.3) is 187 Å². The van der Waals surface area contributed by atoms with Gasteiger partial charge in [0.2, 0.25) is 0 Å². The van der Waals surface area contributed by atoms with E-state index in [4.69, 9.17) is 38.7 Å². The van der Waals surface area contributed by atoms with Crippen LogP contribution in [0.3, 0.4) is 0 Å². The molecule has 6 heterocycles. The third-order valence-corrected chi connectivity index (χ3v) is 20.1. The Kier molecular flexibility index (Phi) is 14.8. The first-order valence-electron chi connectivity index (χ1n) is 32.5. The minimum atomic E-state index is 0.642. The third-order valence-electron chi connectivity index (χ3n) is 17.9. The van der Waals surface area contributed by atoms with Gasteiger partial charge in [0.15, 0.2) is 11.6 Å². The van der Waals surface area contributed by atoms with Crippen molar-refractivity contribution < 1.29 is 8.83 Å². The average molecular weight is 1290 g/mol. The molecule has 8 nitrogen and oxygen atoms in total. The van der Waals surface area contributed by atoms with Crippen LogP contribution in [0.4, 0.5) is 0 Å². The molecule has 0 fully saturated rings. The van der Waals surface area contributed by atoms with Gasteiger partial charge in [0.05, 0.1) is 54.3 Å². The molecule has 0 atom stereocenters. The molecule has 0 unspecified atom stereocenters. The number of furan rings is 2. The summed E-state index contributed by atoms with van der Waals surface area (Å²) < 4.78 is 15.6. The van der Waals surface area contributed by atoms with Crippen molar-refractivity contribution in [3.8, 4) is 122 Å². The minimum Gasteiger partial charge on any atom is -0.455 e. The van der Waals surface area contributed by atoms with E-state index in [0.29, 0.717) is 11.6 Å². The fraction of sp³-hybridized carbons (Fsp3) is 0. The molecule has 0 aliphatic rings. The van der Waals surface area contributed by atoms with E-state index >= 15 is 0 Å². The minimum absolute atomic E-state index is 0.642. The highest BCUT2D eigenvalue weighted by Crippen LogP contribution is 2.45. The van der Waals surface area contributed by atoms with Gasteiger partial charge < -0.3 is 8.83 Å². The van der Waals surface area contributed by atoms with Gasteiger partial charge in [-0.25, -0.2) is 29.9 Å². The first kappa shape index (κ1) is 58.0. The molecule has 0 radical (unpaired) electrons. The van der Waals surface area contributed by atoms with Gasteiger partial charge in [-0.15, -0.1) is 22.7 Å². The number of fused-ring (bicyclic) bond motifs is 8. The van der Waals surface area contributed by atoms with Crippen LogP contribution in [-0.2, 0) is 0 Å². The Labute approximate surface area is 571 Å². The largest absolute Gasteiger partial charge is 0.455 e. The molecular weight excluding hydrogens is 1240 g/mol. The van der Waals surface area contributed by atoms with Crippen LogP contribution in [-0.4, -0.2) is 29.9 Å². The second kappa shape index (κ2) is 24.9. The second-order valence-corrected chi connectivity index (χ2v) is 26.1. The second-order valence-electron chi connectivity index (χ2n) is 24.0. The third kappa shape index (κ3) is 11.0. The molecule has 0 N–H and O–H groups in total. The van der Waals surface area contributed by atoms with Gasteiger partial charge in [0, 0.05) is 54.9 Å². The predicted octanol–water partition coefficient (Wildman–Crippen LogP) is 24.3. The van der Waals surface area contributed by atoms with E-state index in [1.165, 1.54) is 11.1 Å². The van der Waals surface area contributed by atoms with Crippen molar-refractivity contribution in [3.05, 3.63) is 328 Å². The van der Waals surface area contributed by atoms with Crippen molar-refractivity contribution in [2.75, 3.05) is 0 Å². The summed E-state index contributed by atoms with van der Waals surface area (Å²) in [7, 11) is 0. The number of rotatable bonds is 11. The fourth-order valence-corrected chi connectivity index (χ4v) is 15.1. The molecule has 0 aliphatic heterocycles. The standard InChI is InChI=1S/C47H29N3OS.C41H25N3OS/c1-3-12-30(13-4-1)32-24-26-33(27-25-32)40-29-41(35-17-9-16-34(28-35)31-14-5-2-6-15-31)49-46(48-40)37-19-11-22-42-44(37)36-18-10-20-38(45(36)51-42)47-50-39-21-7-8-23-43(39)52-47;1-3-12-26(13-4-1)28-16-9-17-29(24-28)35-25-34(27-14-5-2-6-15-27)42-40(43-35)31-19-11-22-36-38(31)30-18-10-20-32(39(30)45-36)41-44-33-21-7-8-23-37(33)46-41/h1-29H;1-25H. The lowest BCUT2D eigenvalue weighted by molar-refractivity contribution is 0.669. The number of benzene rings is 13. The SMILES string of the molecule is c1ccc(-c2ccc(-c3cc(-c4cccc(-c5ccccc5)c4)nc(-c4cccc5oc6c(-c7nc8ccccc8s7)cccc6c45)n3)cc2)cc1.c1ccc(-c2cccc(-c3cc(-c4ccccc4)nc(-c4cccc5oc6c(-c7nc8ccccc8s7)cccc6c45)n3)c2)cc1. The molecule has 6 aromatic heterocycles. The summed E-state index contributed by atoms with van der Waals surface area (Å²) in [6.45, 7) is 0. The van der Waals surface area contributed by atoms with Crippen LogP contribution in [0.5, 0.6) is 0 Å². The number of aromatic nitrogens is 6. The van der Waals surface area contributed by atoms with Gasteiger partial charge in [-0.1, -0.05) is 255 Å². The normalized spacial score (nSPS) is 11.5. The van der Waals surface area contributed by atoms with Gasteiger partial charge in [0.1, 0.15) is 32.3 Å². The molecule has 0 saturated carbocycles. The molecule has 0 bridgehead atoms. The molecule has 0 amide bonds. The first-order valence-corrected chi connectivity index (χ1v) is 34.1. The summed E-state index contributed by atoms with van der Waals surface area (Å²) in [5.74, 6) is 1.29. The summed E-state index contributed by atoms with van der Waals surface area (Å²) in [5.41, 5.74) is 23.5. The topological polar surface area (TPSA) is 104 Å². The molecule has 0 saturated heterocycles. The molecule has 460 valence electrons. The van der Waals surface area contributed by atoms with Crippen molar-refractivity contribution in [2.24, 2.45) is 0 Å². The highest BCUT2D eigenvalue weighted by molar-refractivity contribution is 7.22. The zero-order chi connectivity index (χ0) is 64.9. The Morgan fingerprint density at radius 1 is 0.224 bits per heavy atom. The zero-order valence-electron chi connectivity index (χ0n) is 52.5. The van der Waals surface area contributed by atoms with Gasteiger partial charge in [-0.2, -0.15) is 0 Å². The monoisotopic (exact) mass is 1290 g/mol. The van der Waals surface area contributed by atoms with Crippen LogP contribution in [0.1, 0.15) is 0 Å². The molecular formula is C88H54N6O2S2. The Bertz CT molecular complexity index is 6120. The number of thiazole rings is 2. The van der Waals surface area contributed by atoms with Gasteiger partial charge >= 0.3 is 0 Å². The Balaban J connectivity index is 0.000000143. The maximum Gasteiger partial charge on any atom is 0.161 e. The number of hydrogen-bond acceptors (Lipinski definition) is 10. The zero-order valence-corrected chi connectivity index (χ0v) is 54.1. The Hall–Kier alpha value is -12.6. The van der Waals surface area contributed by atoms with Gasteiger partial charge in [-0.3, -0.25) is 0 Å².